The molecule has 106 valence electrons. The van der Waals surface area contributed by atoms with Crippen LogP contribution in [0.4, 0.5) is 0 Å². The van der Waals surface area contributed by atoms with Gasteiger partial charge < -0.3 is 15.8 Å². The number of benzene rings is 1. The first kappa shape index (κ1) is 15.5. The lowest BCUT2D eigenvalue weighted by Crippen LogP contribution is -2.27. The minimum absolute atomic E-state index is 0.0547. The first-order valence-electron chi connectivity index (χ1n) is 6.72. The van der Waals surface area contributed by atoms with Crippen molar-refractivity contribution in [3.63, 3.8) is 0 Å². The third-order valence-electron chi connectivity index (χ3n) is 3.05. The molecule has 0 aliphatic carbocycles. The average Bonchev–Trinajstić information content (AvgIpc) is 2.38. The van der Waals surface area contributed by atoms with E-state index in [0.29, 0.717) is 6.42 Å². The Morgan fingerprint density at radius 1 is 1.37 bits per heavy atom. The van der Waals surface area contributed by atoms with E-state index in [4.69, 9.17) is 10.5 Å². The lowest BCUT2D eigenvalue weighted by molar-refractivity contribution is -0.121. The molecule has 0 spiro atoms. The van der Waals surface area contributed by atoms with Gasteiger partial charge in [-0.25, -0.2) is 0 Å². The molecule has 4 nitrogen and oxygen atoms in total. The standard InChI is InChI=1S/C15H24N2O2/c1-11(16)7-6-10-15(18)17-12(2)13-8-4-5-9-14(13)19-3/h4-5,8-9,11-12H,6-7,10,16H2,1-3H3,(H,17,18)/t11?,12-/m1/s1. The van der Waals surface area contributed by atoms with Crippen LogP contribution in [0.15, 0.2) is 24.3 Å². The van der Waals surface area contributed by atoms with E-state index >= 15 is 0 Å². The number of ether oxygens (including phenoxy) is 1. The molecule has 1 rings (SSSR count). The Labute approximate surface area is 115 Å². The highest BCUT2D eigenvalue weighted by molar-refractivity contribution is 5.76. The predicted molar refractivity (Wildman–Crippen MR) is 77.1 cm³/mol. The van der Waals surface area contributed by atoms with Crippen molar-refractivity contribution in [1.29, 1.82) is 0 Å². The summed E-state index contributed by atoms with van der Waals surface area (Å²) in [6.07, 6.45) is 2.21. The van der Waals surface area contributed by atoms with Crippen LogP contribution in [0.2, 0.25) is 0 Å². The number of methoxy groups -OCH3 is 1. The van der Waals surface area contributed by atoms with E-state index in [-0.39, 0.29) is 18.0 Å². The van der Waals surface area contributed by atoms with Crippen molar-refractivity contribution in [3.8, 4) is 5.75 Å². The van der Waals surface area contributed by atoms with Crippen molar-refractivity contribution < 1.29 is 9.53 Å². The van der Waals surface area contributed by atoms with E-state index in [0.717, 1.165) is 24.2 Å². The van der Waals surface area contributed by atoms with E-state index in [9.17, 15) is 4.79 Å². The summed E-state index contributed by atoms with van der Waals surface area (Å²) in [4.78, 5) is 11.8. The molecule has 0 saturated heterocycles. The van der Waals surface area contributed by atoms with Gasteiger partial charge in [-0.1, -0.05) is 18.2 Å². The van der Waals surface area contributed by atoms with E-state index in [1.54, 1.807) is 7.11 Å². The van der Waals surface area contributed by atoms with Crippen LogP contribution in [0.3, 0.4) is 0 Å². The smallest absolute Gasteiger partial charge is 0.220 e. The molecule has 0 heterocycles. The SMILES string of the molecule is COc1ccccc1[C@@H](C)NC(=O)CCCC(C)N. The normalized spacial score (nSPS) is 13.7. The van der Waals surface area contributed by atoms with Gasteiger partial charge in [0.2, 0.25) is 5.91 Å². The van der Waals surface area contributed by atoms with E-state index in [2.05, 4.69) is 5.32 Å². The Morgan fingerprint density at radius 2 is 2.05 bits per heavy atom. The van der Waals surface area contributed by atoms with Crippen LogP contribution in [-0.4, -0.2) is 19.1 Å². The third-order valence-corrected chi connectivity index (χ3v) is 3.05. The first-order chi connectivity index (χ1) is 9.04. The molecule has 0 aromatic heterocycles. The Morgan fingerprint density at radius 3 is 2.68 bits per heavy atom. The highest BCUT2D eigenvalue weighted by atomic mass is 16.5. The topological polar surface area (TPSA) is 64.3 Å². The Kier molecular flexibility index (Phi) is 6.36. The summed E-state index contributed by atoms with van der Waals surface area (Å²) < 4.78 is 5.29. The molecular formula is C15H24N2O2. The number of hydrogen-bond acceptors (Lipinski definition) is 3. The molecule has 3 N–H and O–H groups in total. The zero-order valence-electron chi connectivity index (χ0n) is 12.0. The second-order valence-electron chi connectivity index (χ2n) is 4.90. The largest absolute Gasteiger partial charge is 0.496 e. The molecule has 1 aromatic rings. The van der Waals surface area contributed by atoms with Crippen molar-refractivity contribution in [2.45, 2.75) is 45.2 Å². The fourth-order valence-corrected chi connectivity index (χ4v) is 2.00. The number of nitrogens with two attached hydrogens (primary N) is 1. The van der Waals surface area contributed by atoms with Crippen LogP contribution >= 0.6 is 0 Å². The number of carbonyl (C=O) groups is 1. The average molecular weight is 264 g/mol. The fraction of sp³-hybridized carbons (Fsp3) is 0.533. The second-order valence-corrected chi connectivity index (χ2v) is 4.90. The molecule has 0 aliphatic rings. The number of nitrogens with one attached hydrogen (secondary N) is 1. The molecular weight excluding hydrogens is 240 g/mol. The van der Waals surface area contributed by atoms with Crippen LogP contribution < -0.4 is 15.8 Å². The van der Waals surface area contributed by atoms with Crippen molar-refractivity contribution in [2.75, 3.05) is 7.11 Å². The molecule has 0 saturated carbocycles. The Balaban J connectivity index is 2.49. The maximum Gasteiger partial charge on any atom is 0.220 e. The van der Waals surface area contributed by atoms with Gasteiger partial charge in [0, 0.05) is 18.0 Å². The molecule has 2 atom stereocenters. The number of carbonyl (C=O) groups excluding carboxylic acids is 1. The van der Waals surface area contributed by atoms with Gasteiger partial charge in [0.15, 0.2) is 0 Å². The van der Waals surface area contributed by atoms with Gasteiger partial charge in [-0.2, -0.15) is 0 Å². The highest BCUT2D eigenvalue weighted by Gasteiger charge is 2.13. The van der Waals surface area contributed by atoms with Crippen molar-refractivity contribution in [3.05, 3.63) is 29.8 Å². The van der Waals surface area contributed by atoms with E-state index < -0.39 is 0 Å². The third kappa shape index (κ3) is 5.30. The minimum atomic E-state index is -0.0565. The molecule has 0 bridgehead atoms. The summed E-state index contributed by atoms with van der Waals surface area (Å²) >= 11 is 0. The van der Waals surface area contributed by atoms with Crippen molar-refractivity contribution >= 4 is 5.91 Å². The summed E-state index contributed by atoms with van der Waals surface area (Å²) in [6, 6.07) is 7.81. The fourth-order valence-electron chi connectivity index (χ4n) is 2.00. The van der Waals surface area contributed by atoms with Crippen LogP contribution in [-0.2, 0) is 4.79 Å². The Bertz CT molecular complexity index is 405. The van der Waals surface area contributed by atoms with Crippen molar-refractivity contribution in [1.82, 2.24) is 5.32 Å². The summed E-state index contributed by atoms with van der Waals surface area (Å²) in [5.74, 6) is 0.852. The summed E-state index contributed by atoms with van der Waals surface area (Å²) in [6.45, 7) is 3.91. The zero-order valence-corrected chi connectivity index (χ0v) is 12.0. The minimum Gasteiger partial charge on any atom is -0.496 e. The van der Waals surface area contributed by atoms with Gasteiger partial charge in [-0.05, 0) is 32.8 Å². The monoisotopic (exact) mass is 264 g/mol. The number of amides is 1. The lowest BCUT2D eigenvalue weighted by Gasteiger charge is -2.17. The summed E-state index contributed by atoms with van der Waals surface area (Å²) in [5.41, 5.74) is 6.65. The van der Waals surface area contributed by atoms with E-state index in [1.165, 1.54) is 0 Å². The van der Waals surface area contributed by atoms with Gasteiger partial charge in [-0.3, -0.25) is 4.79 Å². The van der Waals surface area contributed by atoms with Gasteiger partial charge >= 0.3 is 0 Å². The molecule has 1 unspecified atom stereocenters. The number of hydrogen-bond donors (Lipinski definition) is 2. The summed E-state index contributed by atoms with van der Waals surface area (Å²) in [7, 11) is 1.63. The quantitative estimate of drug-likeness (QED) is 0.794. The van der Waals surface area contributed by atoms with Crippen LogP contribution in [0, 0.1) is 0 Å². The number of para-hydroxylation sites is 1. The van der Waals surface area contributed by atoms with Crippen LogP contribution in [0.25, 0.3) is 0 Å². The Hall–Kier alpha value is -1.55. The number of rotatable bonds is 7. The molecule has 1 aromatic carbocycles. The summed E-state index contributed by atoms with van der Waals surface area (Å²) in [5, 5.41) is 2.98. The molecule has 0 radical (unpaired) electrons. The first-order valence-corrected chi connectivity index (χ1v) is 6.72. The lowest BCUT2D eigenvalue weighted by atomic mass is 10.1. The molecule has 1 amide bonds. The van der Waals surface area contributed by atoms with Gasteiger partial charge in [0.25, 0.3) is 0 Å². The van der Waals surface area contributed by atoms with E-state index in [1.807, 2.05) is 38.1 Å². The molecule has 4 heteroatoms. The predicted octanol–water partition coefficient (Wildman–Crippen LogP) is 2.39. The maximum atomic E-state index is 11.8. The molecule has 0 fully saturated rings. The van der Waals surface area contributed by atoms with Gasteiger partial charge in [0.05, 0.1) is 13.2 Å². The van der Waals surface area contributed by atoms with Gasteiger partial charge in [-0.15, -0.1) is 0 Å². The van der Waals surface area contributed by atoms with Crippen molar-refractivity contribution in [2.24, 2.45) is 5.73 Å². The van der Waals surface area contributed by atoms with Crippen LogP contribution in [0.5, 0.6) is 5.75 Å². The molecule has 19 heavy (non-hydrogen) atoms. The zero-order chi connectivity index (χ0) is 14.3. The van der Waals surface area contributed by atoms with Crippen LogP contribution in [0.1, 0.15) is 44.7 Å². The molecule has 0 aliphatic heterocycles. The second kappa shape index (κ2) is 7.79. The maximum absolute atomic E-state index is 11.8. The van der Waals surface area contributed by atoms with Gasteiger partial charge in [0.1, 0.15) is 5.75 Å². The highest BCUT2D eigenvalue weighted by Crippen LogP contribution is 2.24.